The summed E-state index contributed by atoms with van der Waals surface area (Å²) in [5, 5.41) is 13.3. The summed E-state index contributed by atoms with van der Waals surface area (Å²) >= 11 is 6.27. The molecule has 1 aromatic heterocycles. The highest BCUT2D eigenvalue weighted by atomic mass is 35.5. The van der Waals surface area contributed by atoms with Crippen molar-refractivity contribution in [3.63, 3.8) is 0 Å². The number of nitrogens with one attached hydrogen (secondary N) is 1. The Kier molecular flexibility index (Phi) is 7.91. The zero-order valence-electron chi connectivity index (χ0n) is 19.5. The number of hydrogen-bond acceptors (Lipinski definition) is 7. The molecule has 1 amide bonds. The minimum absolute atomic E-state index is 0.217. The molecule has 0 spiro atoms. The molecular formula is C23H30ClFN8O. The Labute approximate surface area is 203 Å². The maximum atomic E-state index is 14.1. The Hall–Kier alpha value is -2.82. The number of nitrogens with zero attached hydrogens (tertiary/aromatic N) is 7. The second kappa shape index (κ2) is 11.1. The zero-order valence-corrected chi connectivity index (χ0v) is 20.3. The zero-order chi connectivity index (χ0) is 24.1. The molecule has 3 heterocycles. The van der Waals surface area contributed by atoms with Gasteiger partial charge >= 0.3 is 0 Å². The minimum atomic E-state index is -0.217. The number of amides is 1. The van der Waals surface area contributed by atoms with E-state index in [1.165, 1.54) is 12.3 Å². The highest BCUT2D eigenvalue weighted by Gasteiger charge is 2.25. The summed E-state index contributed by atoms with van der Waals surface area (Å²) in [6, 6.07) is 5.02. The fourth-order valence-corrected chi connectivity index (χ4v) is 4.59. The summed E-state index contributed by atoms with van der Waals surface area (Å²) in [5.74, 6) is -0.217. The first-order chi connectivity index (χ1) is 16.4. The predicted octanol–water partition coefficient (Wildman–Crippen LogP) is 1.77. The van der Waals surface area contributed by atoms with E-state index in [4.69, 9.17) is 11.6 Å². The van der Waals surface area contributed by atoms with E-state index < -0.39 is 0 Å². The third-order valence-corrected chi connectivity index (χ3v) is 6.56. The van der Waals surface area contributed by atoms with Gasteiger partial charge in [0.25, 0.3) is 0 Å². The monoisotopic (exact) mass is 488 g/mol. The van der Waals surface area contributed by atoms with E-state index in [-0.39, 0.29) is 5.82 Å². The number of hydrazone groups is 1. The van der Waals surface area contributed by atoms with Crippen molar-refractivity contribution < 1.29 is 9.18 Å². The molecule has 0 radical (unpaired) electrons. The smallest absolute Gasteiger partial charge is 0.227 e. The Morgan fingerprint density at radius 1 is 1.21 bits per heavy atom. The molecule has 0 unspecified atom stereocenters. The predicted molar refractivity (Wildman–Crippen MR) is 129 cm³/mol. The molecule has 1 fully saturated rings. The van der Waals surface area contributed by atoms with E-state index in [0.29, 0.717) is 31.1 Å². The average molecular weight is 489 g/mol. The van der Waals surface area contributed by atoms with E-state index in [9.17, 15) is 9.18 Å². The number of carbonyl (C=O) groups is 1. The van der Waals surface area contributed by atoms with Crippen molar-refractivity contribution >= 4 is 24.2 Å². The second-order valence-corrected chi connectivity index (χ2v) is 9.30. The fraction of sp³-hybridized carbons (Fsp3) is 0.478. The third-order valence-electron chi connectivity index (χ3n) is 6.36. The highest BCUT2D eigenvalue weighted by Crippen LogP contribution is 2.24. The SMILES string of the molecule is C/C(Cl)=C(\C=N/NC=O)N1CCc2c(nnn2Cc2ccc(F)cc2CN2CCN(C)CC2)C1. The number of aromatic nitrogens is 3. The van der Waals surface area contributed by atoms with Gasteiger partial charge in [0, 0.05) is 50.7 Å². The molecule has 0 bridgehead atoms. The summed E-state index contributed by atoms with van der Waals surface area (Å²) in [7, 11) is 2.13. The molecule has 1 saturated heterocycles. The Morgan fingerprint density at radius 3 is 2.74 bits per heavy atom. The van der Waals surface area contributed by atoms with Crippen molar-refractivity contribution in [2.24, 2.45) is 5.10 Å². The molecule has 0 atom stereocenters. The van der Waals surface area contributed by atoms with Crippen LogP contribution in [0.4, 0.5) is 4.39 Å². The van der Waals surface area contributed by atoms with E-state index in [1.54, 1.807) is 13.0 Å². The van der Waals surface area contributed by atoms with Gasteiger partial charge in [-0.2, -0.15) is 5.10 Å². The Bertz CT molecular complexity index is 1070. The van der Waals surface area contributed by atoms with Gasteiger partial charge in [-0.1, -0.05) is 22.9 Å². The van der Waals surface area contributed by atoms with E-state index in [0.717, 1.165) is 67.4 Å². The van der Waals surface area contributed by atoms with Crippen LogP contribution in [-0.2, 0) is 30.8 Å². The number of halogens is 2. The van der Waals surface area contributed by atoms with Crippen LogP contribution in [0, 0.1) is 5.82 Å². The van der Waals surface area contributed by atoms with Crippen LogP contribution in [0.5, 0.6) is 0 Å². The standard InChI is InChI=1S/C23H30ClFN8O/c1-17(24)23(12-26-27-16-34)32-6-5-22-21(15-32)28-29-33(22)14-18-3-4-20(25)11-19(18)13-31-9-7-30(2)8-10-31/h3-4,11-12,16H,5-10,13-15H2,1-2H3,(H,27,34)/b23-17-,26-12-. The van der Waals surface area contributed by atoms with Crippen LogP contribution in [0.2, 0.25) is 0 Å². The summed E-state index contributed by atoms with van der Waals surface area (Å²) in [6.07, 6.45) is 2.78. The van der Waals surface area contributed by atoms with Gasteiger partial charge in [-0.3, -0.25) is 9.69 Å². The summed E-state index contributed by atoms with van der Waals surface area (Å²) < 4.78 is 16.0. The number of likely N-dealkylation sites (N-methyl/N-ethyl adjacent to an activating group) is 1. The molecule has 182 valence electrons. The van der Waals surface area contributed by atoms with Gasteiger partial charge in [-0.25, -0.2) is 14.5 Å². The van der Waals surface area contributed by atoms with Gasteiger partial charge in [0.05, 0.1) is 30.7 Å². The van der Waals surface area contributed by atoms with Gasteiger partial charge in [0.1, 0.15) is 11.5 Å². The Morgan fingerprint density at radius 2 is 2.00 bits per heavy atom. The maximum absolute atomic E-state index is 14.1. The lowest BCUT2D eigenvalue weighted by Crippen LogP contribution is -2.44. The number of rotatable bonds is 8. The van der Waals surface area contributed by atoms with Crippen LogP contribution in [0.1, 0.15) is 29.4 Å². The van der Waals surface area contributed by atoms with Crippen molar-refractivity contribution in [1.29, 1.82) is 0 Å². The van der Waals surface area contributed by atoms with Gasteiger partial charge in [-0.15, -0.1) is 5.10 Å². The second-order valence-electron chi connectivity index (χ2n) is 8.73. The van der Waals surface area contributed by atoms with E-state index in [1.807, 2.05) is 10.7 Å². The molecule has 1 aromatic carbocycles. The summed E-state index contributed by atoms with van der Waals surface area (Å²) in [4.78, 5) is 17.2. The molecule has 2 aromatic rings. The molecular weight excluding hydrogens is 459 g/mol. The summed E-state index contributed by atoms with van der Waals surface area (Å²) in [6.45, 7) is 8.30. The first-order valence-electron chi connectivity index (χ1n) is 11.4. The normalized spacial score (nSPS) is 18.2. The lowest BCUT2D eigenvalue weighted by Gasteiger charge is -2.32. The van der Waals surface area contributed by atoms with E-state index >= 15 is 0 Å². The molecule has 2 aliphatic rings. The van der Waals surface area contributed by atoms with Crippen molar-refractivity contribution in [2.75, 3.05) is 39.8 Å². The van der Waals surface area contributed by atoms with Gasteiger partial charge in [-0.05, 0) is 37.2 Å². The molecule has 4 rings (SSSR count). The van der Waals surface area contributed by atoms with Crippen LogP contribution in [0.25, 0.3) is 0 Å². The molecule has 11 heteroatoms. The topological polar surface area (TPSA) is 81.9 Å². The van der Waals surface area contributed by atoms with Crippen LogP contribution in [0.15, 0.2) is 34.0 Å². The average Bonchev–Trinajstić information content (AvgIpc) is 3.21. The van der Waals surface area contributed by atoms with Crippen LogP contribution >= 0.6 is 11.6 Å². The van der Waals surface area contributed by atoms with Crippen LogP contribution < -0.4 is 5.43 Å². The number of carbonyl (C=O) groups excluding carboxylic acids is 1. The first-order valence-corrected chi connectivity index (χ1v) is 11.8. The fourth-order valence-electron chi connectivity index (χ4n) is 4.42. The highest BCUT2D eigenvalue weighted by molar-refractivity contribution is 6.30. The van der Waals surface area contributed by atoms with Gasteiger partial charge < -0.3 is 9.80 Å². The molecule has 0 aliphatic carbocycles. The van der Waals surface area contributed by atoms with Crippen molar-refractivity contribution in [3.8, 4) is 0 Å². The molecule has 2 aliphatic heterocycles. The summed E-state index contributed by atoms with van der Waals surface area (Å²) in [5.41, 5.74) is 6.99. The quantitative estimate of drug-likeness (QED) is 0.346. The van der Waals surface area contributed by atoms with Crippen molar-refractivity contribution in [1.82, 2.24) is 35.1 Å². The molecule has 9 nitrogen and oxygen atoms in total. The minimum Gasteiger partial charge on any atom is -0.363 e. The van der Waals surface area contributed by atoms with Gasteiger partial charge in [0.15, 0.2) is 0 Å². The number of allylic oxidation sites excluding steroid dienone is 2. The molecule has 34 heavy (non-hydrogen) atoms. The van der Waals surface area contributed by atoms with Gasteiger partial charge in [0.2, 0.25) is 6.41 Å². The number of fused-ring (bicyclic) bond motifs is 1. The number of piperazine rings is 1. The maximum Gasteiger partial charge on any atom is 0.227 e. The first kappa shape index (κ1) is 24.3. The third kappa shape index (κ3) is 5.81. The van der Waals surface area contributed by atoms with Crippen molar-refractivity contribution in [2.45, 2.75) is 33.0 Å². The van der Waals surface area contributed by atoms with E-state index in [2.05, 4.69) is 42.6 Å². The largest absolute Gasteiger partial charge is 0.363 e. The number of hydrogen-bond donors (Lipinski definition) is 1. The lowest BCUT2D eigenvalue weighted by atomic mass is 10.1. The molecule has 1 N–H and O–H groups in total. The molecule has 0 saturated carbocycles. The van der Waals surface area contributed by atoms with Crippen LogP contribution in [0.3, 0.4) is 0 Å². The lowest BCUT2D eigenvalue weighted by molar-refractivity contribution is -0.109. The van der Waals surface area contributed by atoms with Crippen LogP contribution in [-0.4, -0.2) is 82.1 Å². The Balaban J connectivity index is 1.49. The number of benzene rings is 1. The van der Waals surface area contributed by atoms with Crippen molar-refractivity contribution in [3.05, 3.63) is 57.3 Å².